The van der Waals surface area contributed by atoms with Gasteiger partial charge in [0.05, 0.1) is 12.3 Å². The second kappa shape index (κ2) is 2.74. The number of nitrogens with one attached hydrogen (secondary N) is 2. The zero-order valence-corrected chi connectivity index (χ0v) is 7.11. The number of aromatic nitrogens is 2. The fraction of sp³-hybridized carbons (Fsp3) is 0. The average Bonchev–Trinajstić information content (AvgIpc) is 2.08. The van der Waals surface area contributed by atoms with Gasteiger partial charge in [0.15, 0.2) is 0 Å². The van der Waals surface area contributed by atoms with Crippen LogP contribution in [0.3, 0.4) is 0 Å². The fourth-order valence-corrected chi connectivity index (χ4v) is 1.24. The average molecular weight is 199 g/mol. The van der Waals surface area contributed by atoms with E-state index in [1.807, 2.05) is 0 Å². The number of halogens is 1. The van der Waals surface area contributed by atoms with E-state index in [-0.39, 0.29) is 16.5 Å². The first kappa shape index (κ1) is 6.91. The lowest BCUT2D eigenvalue weighted by Gasteiger charge is -1.95. The third kappa shape index (κ3) is 1.36. The first-order valence-electron chi connectivity index (χ1n) is 4.00. The Balaban J connectivity index is 3.03. The third-order valence-electron chi connectivity index (χ3n) is 1.64. The molecule has 5 heteroatoms. The highest BCUT2D eigenvalue weighted by molar-refractivity contribution is 6.31. The summed E-state index contributed by atoms with van der Waals surface area (Å²) in [6.45, 7) is 0. The maximum atomic E-state index is 11.3. The van der Waals surface area contributed by atoms with Gasteiger partial charge < -0.3 is 4.98 Å². The summed E-state index contributed by atoms with van der Waals surface area (Å²) in [7, 11) is 0. The minimum Gasteiger partial charge on any atom is -0.307 e. The standard InChI is InChI=1S/C8H5ClN2O2/c9-4-1-2-6-5(3-4)7(12)11-8(13)10-6/h1-3H,(H2,10,11,12,13)/i1T. The number of hydrogen-bond acceptors (Lipinski definition) is 2. The first-order chi connectivity index (χ1) is 6.58. The summed E-state index contributed by atoms with van der Waals surface area (Å²) in [5, 5.41) is 0.445. The van der Waals surface area contributed by atoms with E-state index in [0.717, 1.165) is 0 Å². The topological polar surface area (TPSA) is 65.7 Å². The predicted molar refractivity (Wildman–Crippen MR) is 50.2 cm³/mol. The maximum Gasteiger partial charge on any atom is 0.326 e. The van der Waals surface area contributed by atoms with Crippen LogP contribution in [0.2, 0.25) is 5.02 Å². The lowest BCUT2D eigenvalue weighted by Crippen LogP contribution is -2.21. The van der Waals surface area contributed by atoms with Crippen molar-refractivity contribution in [3.63, 3.8) is 0 Å². The monoisotopic (exact) mass is 198 g/mol. The van der Waals surface area contributed by atoms with Crippen molar-refractivity contribution in [2.75, 3.05) is 0 Å². The molecular formula is C8H5ClN2O2. The summed E-state index contributed by atoms with van der Waals surface area (Å²) in [6, 6.07) is 2.77. The second-order valence-corrected chi connectivity index (χ2v) is 2.92. The Morgan fingerprint density at radius 3 is 2.92 bits per heavy atom. The van der Waals surface area contributed by atoms with Gasteiger partial charge in [0, 0.05) is 5.02 Å². The fourth-order valence-electron chi connectivity index (χ4n) is 1.08. The number of benzene rings is 1. The van der Waals surface area contributed by atoms with Crippen LogP contribution in [0.4, 0.5) is 0 Å². The van der Waals surface area contributed by atoms with Crippen molar-refractivity contribution in [2.45, 2.75) is 0 Å². The predicted octanol–water partition coefficient (Wildman–Crippen LogP) is 0.870. The van der Waals surface area contributed by atoms with Gasteiger partial charge in [-0.1, -0.05) is 11.6 Å². The number of fused-ring (bicyclic) bond motifs is 1. The van der Waals surface area contributed by atoms with Crippen molar-refractivity contribution in [3.05, 3.63) is 44.0 Å². The van der Waals surface area contributed by atoms with E-state index in [1.165, 1.54) is 12.1 Å². The Bertz CT molecular complexity index is 617. The maximum absolute atomic E-state index is 11.3. The van der Waals surface area contributed by atoms with Crippen LogP contribution in [0.5, 0.6) is 0 Å². The first-order valence-corrected chi connectivity index (χ1v) is 3.88. The van der Waals surface area contributed by atoms with Crippen molar-refractivity contribution in [3.8, 4) is 0 Å². The molecule has 0 unspecified atom stereocenters. The van der Waals surface area contributed by atoms with Gasteiger partial charge in [-0.05, 0) is 18.2 Å². The zero-order chi connectivity index (χ0) is 10.3. The lowest BCUT2D eigenvalue weighted by atomic mass is 10.2. The molecule has 1 aromatic heterocycles. The van der Waals surface area contributed by atoms with Crippen molar-refractivity contribution in [1.82, 2.24) is 9.97 Å². The molecule has 66 valence electrons. The SMILES string of the molecule is [3H]c1cc2[nH]c(=O)[nH]c(=O)c2cc1Cl. The molecule has 0 aliphatic rings. The van der Waals surface area contributed by atoms with Gasteiger partial charge in [-0.3, -0.25) is 9.78 Å². The third-order valence-corrected chi connectivity index (χ3v) is 1.85. The van der Waals surface area contributed by atoms with Crippen molar-refractivity contribution < 1.29 is 1.37 Å². The van der Waals surface area contributed by atoms with Crippen LogP contribution in [0.1, 0.15) is 1.37 Å². The summed E-state index contributed by atoms with van der Waals surface area (Å²) in [6.07, 6.45) is 0. The normalized spacial score (nSPS) is 11.6. The van der Waals surface area contributed by atoms with E-state index in [0.29, 0.717) is 5.52 Å². The lowest BCUT2D eigenvalue weighted by molar-refractivity contribution is 1.08. The van der Waals surface area contributed by atoms with Gasteiger partial charge in [-0.15, -0.1) is 0 Å². The zero-order valence-electron chi connectivity index (χ0n) is 7.35. The molecule has 2 rings (SSSR count). The largest absolute Gasteiger partial charge is 0.326 e. The quantitative estimate of drug-likeness (QED) is 0.660. The van der Waals surface area contributed by atoms with Crippen molar-refractivity contribution >= 4 is 22.5 Å². The molecule has 0 saturated carbocycles. The second-order valence-electron chi connectivity index (χ2n) is 2.52. The Kier molecular flexibility index (Phi) is 1.46. The van der Waals surface area contributed by atoms with Crippen LogP contribution in [-0.4, -0.2) is 9.97 Å². The highest BCUT2D eigenvalue weighted by atomic mass is 35.5. The van der Waals surface area contributed by atoms with Crippen LogP contribution in [0.25, 0.3) is 10.9 Å². The van der Waals surface area contributed by atoms with Gasteiger partial charge in [-0.25, -0.2) is 4.79 Å². The van der Waals surface area contributed by atoms with Gasteiger partial charge in [0.1, 0.15) is 0 Å². The van der Waals surface area contributed by atoms with Crippen LogP contribution in [-0.2, 0) is 0 Å². The number of hydrogen-bond donors (Lipinski definition) is 2. The van der Waals surface area contributed by atoms with Crippen LogP contribution in [0.15, 0.2) is 27.8 Å². The van der Waals surface area contributed by atoms with Gasteiger partial charge in [0.25, 0.3) is 5.56 Å². The van der Waals surface area contributed by atoms with Crippen LogP contribution < -0.4 is 11.2 Å². The molecular weight excluding hydrogens is 192 g/mol. The molecule has 0 amide bonds. The molecule has 0 aliphatic carbocycles. The van der Waals surface area contributed by atoms with Crippen molar-refractivity contribution in [1.29, 1.82) is 0 Å². The number of H-pyrrole nitrogens is 2. The smallest absolute Gasteiger partial charge is 0.307 e. The van der Waals surface area contributed by atoms with E-state index >= 15 is 0 Å². The Morgan fingerprint density at radius 1 is 1.38 bits per heavy atom. The molecule has 1 aromatic carbocycles. The van der Waals surface area contributed by atoms with Gasteiger partial charge >= 0.3 is 5.69 Å². The number of rotatable bonds is 0. The molecule has 4 nitrogen and oxygen atoms in total. The molecule has 0 aliphatic heterocycles. The van der Waals surface area contributed by atoms with E-state index in [1.54, 1.807) is 0 Å². The summed E-state index contributed by atoms with van der Waals surface area (Å²) >= 11 is 5.67. The Labute approximate surface area is 78.6 Å². The molecule has 1 heterocycles. The Hall–Kier alpha value is -1.55. The van der Waals surface area contributed by atoms with E-state index < -0.39 is 11.2 Å². The summed E-state index contributed by atoms with van der Waals surface area (Å²) in [5.74, 6) is 0. The molecule has 2 aromatic rings. The minimum absolute atomic E-state index is 0.0698. The van der Waals surface area contributed by atoms with E-state index in [2.05, 4.69) is 9.97 Å². The molecule has 0 radical (unpaired) electrons. The Morgan fingerprint density at radius 2 is 2.15 bits per heavy atom. The van der Waals surface area contributed by atoms with Gasteiger partial charge in [0.2, 0.25) is 0 Å². The van der Waals surface area contributed by atoms with E-state index in [4.69, 9.17) is 13.0 Å². The molecule has 2 N–H and O–H groups in total. The highest BCUT2D eigenvalue weighted by Crippen LogP contribution is 2.12. The van der Waals surface area contributed by atoms with Crippen molar-refractivity contribution in [2.24, 2.45) is 0 Å². The van der Waals surface area contributed by atoms with Crippen LogP contribution >= 0.6 is 11.6 Å². The molecule has 0 fully saturated rings. The highest BCUT2D eigenvalue weighted by Gasteiger charge is 1.99. The molecule has 0 spiro atoms. The molecule has 0 saturated heterocycles. The molecule has 13 heavy (non-hydrogen) atoms. The number of aromatic amines is 2. The summed E-state index contributed by atoms with van der Waals surface area (Å²) in [4.78, 5) is 26.6. The van der Waals surface area contributed by atoms with E-state index in [9.17, 15) is 9.59 Å². The molecule has 0 bridgehead atoms. The molecule has 0 atom stereocenters. The summed E-state index contributed by atoms with van der Waals surface area (Å²) < 4.78 is 7.38. The minimum atomic E-state index is -0.593. The van der Waals surface area contributed by atoms with Crippen LogP contribution in [0, 0.1) is 0 Å². The summed E-state index contributed by atoms with van der Waals surface area (Å²) in [5.41, 5.74) is -0.789. The van der Waals surface area contributed by atoms with Gasteiger partial charge in [-0.2, -0.15) is 0 Å².